The van der Waals surface area contributed by atoms with Crippen molar-refractivity contribution in [2.75, 3.05) is 6.61 Å². The number of aliphatic hydroxyl groups is 1. The summed E-state index contributed by atoms with van der Waals surface area (Å²) in [6, 6.07) is 1.11. The van der Waals surface area contributed by atoms with Crippen molar-refractivity contribution in [2.24, 2.45) is 0 Å². The van der Waals surface area contributed by atoms with Gasteiger partial charge in [0.25, 0.3) is 0 Å². The van der Waals surface area contributed by atoms with E-state index in [0.717, 1.165) is 23.0 Å². The van der Waals surface area contributed by atoms with Crippen LogP contribution in [0.3, 0.4) is 0 Å². The second-order valence-electron chi connectivity index (χ2n) is 6.21. The number of unbranched alkanes of at least 4 members (excludes halogenated alkanes) is 1. The van der Waals surface area contributed by atoms with E-state index in [9.17, 15) is 0 Å². The standard InChI is InChI=1S/C13H32O2Si2/c1-6-7-9-12(2)17(15-16,11-8-10-14)13(3,4)5/h12,14H,6-11H2,1-5,16H3. The Hall–Kier alpha value is 0.354. The highest BCUT2D eigenvalue weighted by atomic mass is 28.4. The van der Waals surface area contributed by atoms with E-state index in [-0.39, 0.29) is 5.04 Å². The van der Waals surface area contributed by atoms with Crippen molar-refractivity contribution >= 4 is 18.8 Å². The van der Waals surface area contributed by atoms with Gasteiger partial charge in [0.2, 0.25) is 0 Å². The average molecular weight is 277 g/mol. The Morgan fingerprint density at radius 2 is 1.88 bits per heavy atom. The molecule has 2 unspecified atom stereocenters. The third-order valence-electron chi connectivity index (χ3n) is 4.13. The van der Waals surface area contributed by atoms with Crippen LogP contribution in [0.1, 0.15) is 60.3 Å². The van der Waals surface area contributed by atoms with Crippen LogP contribution in [-0.2, 0) is 4.12 Å². The Balaban J connectivity index is 4.90. The van der Waals surface area contributed by atoms with Crippen LogP contribution in [0.15, 0.2) is 0 Å². The van der Waals surface area contributed by atoms with Crippen molar-refractivity contribution in [1.82, 2.24) is 0 Å². The molecular weight excluding hydrogens is 244 g/mol. The summed E-state index contributed by atoms with van der Waals surface area (Å²) in [4.78, 5) is 0. The molecule has 0 rings (SSSR count). The molecule has 0 aliphatic heterocycles. The zero-order valence-corrected chi connectivity index (χ0v) is 15.7. The molecule has 0 aromatic rings. The predicted octanol–water partition coefficient (Wildman–Crippen LogP) is 2.99. The Bertz CT molecular complexity index is 204. The van der Waals surface area contributed by atoms with Crippen LogP contribution in [0.4, 0.5) is 0 Å². The monoisotopic (exact) mass is 276 g/mol. The molecule has 2 nitrogen and oxygen atoms in total. The van der Waals surface area contributed by atoms with E-state index in [4.69, 9.17) is 9.22 Å². The van der Waals surface area contributed by atoms with Gasteiger partial charge in [0, 0.05) is 6.61 Å². The van der Waals surface area contributed by atoms with Gasteiger partial charge >= 0.3 is 0 Å². The van der Waals surface area contributed by atoms with Gasteiger partial charge in [-0.1, -0.05) is 53.9 Å². The van der Waals surface area contributed by atoms with E-state index < -0.39 is 8.32 Å². The highest BCUT2D eigenvalue weighted by molar-refractivity contribution is 6.80. The lowest BCUT2D eigenvalue weighted by molar-refractivity contribution is 0.290. The van der Waals surface area contributed by atoms with Gasteiger partial charge in [0.05, 0.1) is 0 Å². The minimum Gasteiger partial charge on any atom is -0.463 e. The first-order chi connectivity index (χ1) is 7.85. The van der Waals surface area contributed by atoms with Gasteiger partial charge in [-0.05, 0) is 23.0 Å². The Morgan fingerprint density at radius 3 is 2.24 bits per heavy atom. The predicted molar refractivity (Wildman–Crippen MR) is 82.0 cm³/mol. The van der Waals surface area contributed by atoms with E-state index in [1.165, 1.54) is 19.3 Å². The van der Waals surface area contributed by atoms with Crippen LogP contribution in [-0.4, -0.2) is 30.5 Å². The molecule has 0 aliphatic rings. The van der Waals surface area contributed by atoms with Gasteiger partial charge in [-0.15, -0.1) is 0 Å². The third kappa shape index (κ3) is 4.50. The molecular formula is C13H32O2Si2. The summed E-state index contributed by atoms with van der Waals surface area (Å²) in [5.41, 5.74) is 0.700. The van der Waals surface area contributed by atoms with Gasteiger partial charge < -0.3 is 9.22 Å². The zero-order valence-electron chi connectivity index (χ0n) is 12.7. The molecule has 0 saturated heterocycles. The molecule has 2 atom stereocenters. The lowest BCUT2D eigenvalue weighted by Gasteiger charge is -2.46. The summed E-state index contributed by atoms with van der Waals surface area (Å²) in [5.74, 6) is 0. The van der Waals surface area contributed by atoms with Gasteiger partial charge in [-0.2, -0.15) is 0 Å². The van der Waals surface area contributed by atoms with Crippen LogP contribution < -0.4 is 0 Å². The third-order valence-corrected chi connectivity index (χ3v) is 12.6. The maximum atomic E-state index is 9.13. The molecule has 1 N–H and O–H groups in total. The first-order valence-corrected chi connectivity index (χ1v) is 10.0. The van der Waals surface area contributed by atoms with E-state index in [0.29, 0.717) is 12.1 Å². The van der Waals surface area contributed by atoms with Crippen molar-refractivity contribution in [1.29, 1.82) is 0 Å². The smallest absolute Gasteiger partial charge is 0.187 e. The molecule has 0 saturated carbocycles. The van der Waals surface area contributed by atoms with Gasteiger partial charge in [-0.3, -0.25) is 0 Å². The molecule has 0 spiro atoms. The molecule has 0 bridgehead atoms. The SMILES string of the molecule is CCCCC(C)[Si](CCCO)(O[SiH3])C(C)(C)C. The number of aliphatic hydroxyl groups excluding tert-OH is 1. The Kier molecular flexibility index (Phi) is 7.88. The first kappa shape index (κ1) is 17.4. The van der Waals surface area contributed by atoms with Crippen LogP contribution >= 0.6 is 0 Å². The van der Waals surface area contributed by atoms with Crippen LogP contribution in [0.5, 0.6) is 0 Å². The molecule has 0 aliphatic carbocycles. The fourth-order valence-corrected chi connectivity index (χ4v) is 12.0. The number of rotatable bonds is 8. The normalized spacial score (nSPS) is 18.0. The summed E-state index contributed by atoms with van der Waals surface area (Å²) in [6.07, 6.45) is 4.76. The molecule has 17 heavy (non-hydrogen) atoms. The minimum absolute atomic E-state index is 0.275. The average Bonchev–Trinajstić information content (AvgIpc) is 2.26. The fraction of sp³-hybridized carbons (Fsp3) is 1.00. The molecule has 0 radical (unpaired) electrons. The van der Waals surface area contributed by atoms with Crippen LogP contribution in [0.25, 0.3) is 0 Å². The van der Waals surface area contributed by atoms with Crippen LogP contribution in [0.2, 0.25) is 16.6 Å². The lowest BCUT2D eigenvalue weighted by Crippen LogP contribution is -2.50. The first-order valence-electron chi connectivity index (χ1n) is 7.01. The van der Waals surface area contributed by atoms with Crippen LogP contribution in [0, 0.1) is 0 Å². The zero-order chi connectivity index (χ0) is 13.5. The van der Waals surface area contributed by atoms with Gasteiger partial charge in [0.1, 0.15) is 10.5 Å². The van der Waals surface area contributed by atoms with Gasteiger partial charge in [0.15, 0.2) is 8.32 Å². The maximum Gasteiger partial charge on any atom is 0.187 e. The second-order valence-corrected chi connectivity index (χ2v) is 12.6. The quantitative estimate of drug-likeness (QED) is 0.691. The van der Waals surface area contributed by atoms with E-state index in [1.807, 2.05) is 0 Å². The van der Waals surface area contributed by atoms with Crippen molar-refractivity contribution < 1.29 is 9.22 Å². The number of hydrogen-bond donors (Lipinski definition) is 1. The fourth-order valence-electron chi connectivity index (χ4n) is 3.06. The van der Waals surface area contributed by atoms with Crippen molar-refractivity contribution in [2.45, 2.75) is 76.9 Å². The summed E-state index contributed by atoms with van der Waals surface area (Å²) in [7, 11) is -0.901. The molecule has 0 fully saturated rings. The molecule has 4 heteroatoms. The number of hydrogen-bond acceptors (Lipinski definition) is 2. The molecule has 0 amide bonds. The van der Waals surface area contributed by atoms with Crippen molar-refractivity contribution in [3.63, 3.8) is 0 Å². The maximum absolute atomic E-state index is 9.13. The van der Waals surface area contributed by atoms with E-state index >= 15 is 0 Å². The van der Waals surface area contributed by atoms with Crippen molar-refractivity contribution in [3.8, 4) is 0 Å². The minimum atomic E-state index is -1.73. The van der Waals surface area contributed by atoms with Crippen molar-refractivity contribution in [3.05, 3.63) is 0 Å². The summed E-state index contributed by atoms with van der Waals surface area (Å²) >= 11 is 0. The summed E-state index contributed by atoms with van der Waals surface area (Å²) < 4.78 is 6.23. The Morgan fingerprint density at radius 1 is 1.29 bits per heavy atom. The van der Waals surface area contributed by atoms with Gasteiger partial charge in [-0.25, -0.2) is 0 Å². The topological polar surface area (TPSA) is 29.5 Å². The molecule has 104 valence electrons. The van der Waals surface area contributed by atoms with E-state index in [1.54, 1.807) is 0 Å². The highest BCUT2D eigenvalue weighted by Gasteiger charge is 2.48. The van der Waals surface area contributed by atoms with E-state index in [2.05, 4.69) is 34.6 Å². The lowest BCUT2D eigenvalue weighted by atomic mass is 10.2. The molecule has 0 aromatic carbocycles. The Labute approximate surface area is 112 Å². The second kappa shape index (κ2) is 7.72. The summed E-state index contributed by atoms with van der Waals surface area (Å²) in [6.45, 7) is 11.9. The largest absolute Gasteiger partial charge is 0.463 e. The summed E-state index contributed by atoms with van der Waals surface area (Å²) in [5, 5.41) is 9.40. The molecule has 0 aromatic heterocycles. The highest BCUT2D eigenvalue weighted by Crippen LogP contribution is 2.48. The molecule has 0 heterocycles.